The molecule has 5 rings (SSSR count). The Balaban J connectivity index is 1.27. The summed E-state index contributed by atoms with van der Waals surface area (Å²) in [4.78, 5) is 19.8. The Morgan fingerprint density at radius 1 is 1.11 bits per heavy atom. The number of alkyl halides is 2. The number of halogens is 3. The number of ether oxygens (including phenoxy) is 1. The van der Waals surface area contributed by atoms with Gasteiger partial charge in [0.2, 0.25) is 15.9 Å². The third-order valence-corrected chi connectivity index (χ3v) is 9.45. The van der Waals surface area contributed by atoms with E-state index in [-0.39, 0.29) is 66.8 Å². The number of nitrogens with zero attached hydrogens (tertiary/aromatic N) is 4. The molecule has 0 spiro atoms. The van der Waals surface area contributed by atoms with Gasteiger partial charge in [-0.2, -0.15) is 4.31 Å². The Kier molecular flexibility index (Phi) is 7.62. The van der Waals surface area contributed by atoms with Crippen molar-refractivity contribution in [3.63, 3.8) is 0 Å². The van der Waals surface area contributed by atoms with E-state index in [0.29, 0.717) is 37.5 Å². The van der Waals surface area contributed by atoms with Gasteiger partial charge in [0, 0.05) is 63.0 Å². The van der Waals surface area contributed by atoms with E-state index in [4.69, 9.17) is 22.1 Å². The number of piperazine rings is 1. The number of benzene rings is 1. The van der Waals surface area contributed by atoms with Crippen LogP contribution >= 0.6 is 11.6 Å². The van der Waals surface area contributed by atoms with E-state index in [9.17, 15) is 13.2 Å². The highest BCUT2D eigenvalue weighted by atomic mass is 35.5. The van der Waals surface area contributed by atoms with Gasteiger partial charge >= 0.3 is 0 Å². The van der Waals surface area contributed by atoms with Crippen LogP contribution in [0.15, 0.2) is 41.3 Å². The molecule has 2 N–H and O–H groups in total. The molecule has 1 aromatic carbocycles. The molecule has 1 aromatic heterocycles. The molecule has 206 valence electrons. The van der Waals surface area contributed by atoms with Crippen molar-refractivity contribution in [3.05, 3.63) is 47.1 Å². The third-order valence-electron chi connectivity index (χ3n) is 7.34. The Hall–Kier alpha value is -2.38. The van der Waals surface area contributed by atoms with E-state index < -0.39 is 21.9 Å². The van der Waals surface area contributed by atoms with E-state index >= 15 is 8.78 Å². The first-order valence-electron chi connectivity index (χ1n) is 12.6. The van der Waals surface area contributed by atoms with Gasteiger partial charge < -0.3 is 20.3 Å². The molecule has 2 aromatic rings. The van der Waals surface area contributed by atoms with Crippen LogP contribution in [0, 0.1) is 5.92 Å². The highest BCUT2D eigenvalue weighted by Crippen LogP contribution is 2.41. The lowest BCUT2D eigenvalue weighted by Crippen LogP contribution is -2.49. The van der Waals surface area contributed by atoms with Crippen LogP contribution in [0.1, 0.15) is 24.8 Å². The molecule has 0 aliphatic carbocycles. The van der Waals surface area contributed by atoms with Crippen LogP contribution in [0.5, 0.6) is 0 Å². The van der Waals surface area contributed by atoms with Crippen LogP contribution < -0.4 is 15.5 Å². The highest BCUT2D eigenvalue weighted by molar-refractivity contribution is 7.89. The molecule has 3 aliphatic heterocycles. The average molecular weight is 570 g/mol. The van der Waals surface area contributed by atoms with Crippen LogP contribution in [0.4, 0.5) is 20.3 Å². The van der Waals surface area contributed by atoms with E-state index in [1.54, 1.807) is 21.9 Å². The van der Waals surface area contributed by atoms with Crippen molar-refractivity contribution < 1.29 is 26.7 Å². The minimum absolute atomic E-state index is 0.0122. The molecular weight excluding hydrogens is 540 g/mol. The zero-order valence-corrected chi connectivity index (χ0v) is 22.3. The van der Waals surface area contributed by atoms with Gasteiger partial charge in [0.1, 0.15) is 11.0 Å². The first kappa shape index (κ1) is 27.2. The Bertz CT molecular complexity index is 1280. The van der Waals surface area contributed by atoms with Gasteiger partial charge in [0.05, 0.1) is 17.4 Å². The largest absolute Gasteiger partial charge is 0.381 e. The number of hydrogen-bond donors (Lipinski definition) is 1. The van der Waals surface area contributed by atoms with Crippen molar-refractivity contribution in [2.24, 2.45) is 11.7 Å². The summed E-state index contributed by atoms with van der Waals surface area (Å²) in [6, 6.07) is 8.47. The first-order valence-corrected chi connectivity index (χ1v) is 14.4. The summed E-state index contributed by atoms with van der Waals surface area (Å²) < 4.78 is 63.6. The number of rotatable bonds is 6. The van der Waals surface area contributed by atoms with E-state index in [0.717, 1.165) is 0 Å². The van der Waals surface area contributed by atoms with Crippen molar-refractivity contribution in [3.8, 4) is 0 Å². The van der Waals surface area contributed by atoms with Crippen LogP contribution in [-0.2, 0) is 25.5 Å². The summed E-state index contributed by atoms with van der Waals surface area (Å²) in [5.74, 6) is -3.86. The fourth-order valence-electron chi connectivity index (χ4n) is 5.19. The Labute approximate surface area is 225 Å². The summed E-state index contributed by atoms with van der Waals surface area (Å²) in [6.07, 6.45) is 1.21. The minimum atomic E-state index is -3.79. The van der Waals surface area contributed by atoms with Gasteiger partial charge in [-0.3, -0.25) is 4.79 Å². The second-order valence-electron chi connectivity index (χ2n) is 9.93. The fourth-order valence-corrected chi connectivity index (χ4v) is 6.82. The maximum absolute atomic E-state index is 15.2. The van der Waals surface area contributed by atoms with Crippen molar-refractivity contribution in [2.75, 3.05) is 55.7 Å². The lowest BCUT2D eigenvalue weighted by Gasteiger charge is -2.35. The molecule has 2 atom stereocenters. The number of aromatic nitrogens is 1. The molecule has 3 fully saturated rings. The van der Waals surface area contributed by atoms with Crippen LogP contribution in [0.25, 0.3) is 0 Å². The van der Waals surface area contributed by atoms with Crippen LogP contribution in [-0.4, -0.2) is 75.6 Å². The number of nitrogens with two attached hydrogens (primary N) is 1. The second kappa shape index (κ2) is 10.6. The smallest absolute Gasteiger partial charge is 0.278 e. The molecule has 0 saturated carbocycles. The van der Waals surface area contributed by atoms with Crippen molar-refractivity contribution >= 4 is 39.0 Å². The molecular formula is C25H30ClF2N5O4S. The summed E-state index contributed by atoms with van der Waals surface area (Å²) >= 11 is 6.13. The molecule has 2 unspecified atom stereocenters. The predicted molar refractivity (Wildman–Crippen MR) is 139 cm³/mol. The monoisotopic (exact) mass is 569 g/mol. The zero-order valence-electron chi connectivity index (χ0n) is 20.7. The van der Waals surface area contributed by atoms with Crippen LogP contribution in [0.2, 0.25) is 5.15 Å². The Morgan fingerprint density at radius 2 is 1.82 bits per heavy atom. The molecule has 13 heteroatoms. The molecule has 9 nitrogen and oxygen atoms in total. The normalized spacial score (nSPS) is 23.7. The highest BCUT2D eigenvalue weighted by Gasteiger charge is 2.43. The standard InChI is InChI=1S/C25H30ClF2N5O4S/c26-22-12-18(25(27,28)17-2-1-11-37-16-17)13-23(30-22)31-7-9-32(10-8-31)38(35,36)21-5-3-20(4-6-21)33-15-19(29)14-24(33)34/h3-6,12-13,17,19H,1-2,7-11,14-16,29H2. The topological polar surface area (TPSA) is 109 Å². The summed E-state index contributed by atoms with van der Waals surface area (Å²) in [6.45, 7) is 1.71. The number of hydrogen-bond acceptors (Lipinski definition) is 7. The van der Waals surface area contributed by atoms with Crippen molar-refractivity contribution in [2.45, 2.75) is 36.1 Å². The van der Waals surface area contributed by atoms with E-state index in [2.05, 4.69) is 4.98 Å². The van der Waals surface area contributed by atoms with Crippen molar-refractivity contribution in [1.82, 2.24) is 9.29 Å². The summed E-state index contributed by atoms with van der Waals surface area (Å²) in [7, 11) is -3.79. The zero-order chi connectivity index (χ0) is 27.1. The molecule has 4 heterocycles. The molecule has 0 bridgehead atoms. The number of anilines is 2. The lowest BCUT2D eigenvalue weighted by molar-refractivity contribution is -0.117. The quantitative estimate of drug-likeness (QED) is 0.533. The number of carbonyl (C=O) groups is 1. The van der Waals surface area contributed by atoms with Crippen LogP contribution in [0.3, 0.4) is 0 Å². The number of pyridine rings is 1. The first-order chi connectivity index (χ1) is 18.1. The van der Waals surface area contributed by atoms with Gasteiger partial charge in [-0.15, -0.1) is 0 Å². The minimum Gasteiger partial charge on any atom is -0.381 e. The van der Waals surface area contributed by atoms with Gasteiger partial charge in [-0.1, -0.05) is 11.6 Å². The predicted octanol–water partition coefficient (Wildman–Crippen LogP) is 2.83. The maximum atomic E-state index is 15.2. The Morgan fingerprint density at radius 3 is 2.42 bits per heavy atom. The molecule has 1 amide bonds. The summed E-state index contributed by atoms with van der Waals surface area (Å²) in [5, 5.41) is -0.0403. The molecule has 3 saturated heterocycles. The molecule has 0 radical (unpaired) electrons. The maximum Gasteiger partial charge on any atom is 0.278 e. The van der Waals surface area contributed by atoms with E-state index in [1.807, 2.05) is 0 Å². The van der Waals surface area contributed by atoms with Gasteiger partial charge in [0.25, 0.3) is 5.92 Å². The lowest BCUT2D eigenvalue weighted by atomic mass is 9.90. The number of carbonyl (C=O) groups excluding carboxylic acids is 1. The molecule has 3 aliphatic rings. The SMILES string of the molecule is NC1CC(=O)N(c2ccc(S(=O)(=O)N3CCN(c4cc(C(F)(F)C5CCCOC5)cc(Cl)n4)CC3)cc2)C1. The third kappa shape index (κ3) is 5.37. The van der Waals surface area contributed by atoms with Gasteiger partial charge in [-0.05, 0) is 49.2 Å². The summed E-state index contributed by atoms with van der Waals surface area (Å²) in [5.41, 5.74) is 6.24. The van der Waals surface area contributed by atoms with Gasteiger partial charge in [-0.25, -0.2) is 22.2 Å². The van der Waals surface area contributed by atoms with Gasteiger partial charge in [0.15, 0.2) is 0 Å². The molecule has 38 heavy (non-hydrogen) atoms. The number of amides is 1. The average Bonchev–Trinajstić information content (AvgIpc) is 3.26. The second-order valence-corrected chi connectivity index (χ2v) is 12.3. The van der Waals surface area contributed by atoms with E-state index in [1.165, 1.54) is 28.6 Å². The van der Waals surface area contributed by atoms with Crippen molar-refractivity contribution in [1.29, 1.82) is 0 Å². The fraction of sp³-hybridized carbons (Fsp3) is 0.520. The number of sulfonamides is 1.